The quantitative estimate of drug-likeness (QED) is 0.0817. The molecule has 0 atom stereocenters. The summed E-state index contributed by atoms with van der Waals surface area (Å²) in [6, 6.07) is 32.8. The Morgan fingerprint density at radius 1 is 0.543 bits per heavy atom. The van der Waals surface area contributed by atoms with Gasteiger partial charge < -0.3 is 13.8 Å². The van der Waals surface area contributed by atoms with E-state index in [0.29, 0.717) is 0 Å². The summed E-state index contributed by atoms with van der Waals surface area (Å²) < 4.78 is 3.29. The zero-order valence-corrected chi connectivity index (χ0v) is 35.7. The summed E-state index contributed by atoms with van der Waals surface area (Å²) >= 11 is -0.00469. The van der Waals surface area contributed by atoms with Crippen molar-refractivity contribution in [2.45, 2.75) is 115 Å². The fourth-order valence-electron chi connectivity index (χ4n) is 5.19. The second kappa shape index (κ2) is 25.6. The van der Waals surface area contributed by atoms with E-state index in [1.807, 2.05) is 0 Å². The Morgan fingerprint density at radius 3 is 1.26 bits per heavy atom. The van der Waals surface area contributed by atoms with Gasteiger partial charge >= 0.3 is 95.7 Å². The minimum Gasteiger partial charge on any atom is -0.343 e. The van der Waals surface area contributed by atoms with E-state index in [9.17, 15) is 0 Å². The summed E-state index contributed by atoms with van der Waals surface area (Å²) in [5, 5.41) is 0. The van der Waals surface area contributed by atoms with Gasteiger partial charge in [-0.05, 0) is 12.8 Å². The molecule has 0 nitrogen and oxygen atoms in total. The molecule has 0 aromatic heterocycles. The van der Waals surface area contributed by atoms with Gasteiger partial charge in [0, 0.05) is 0 Å². The van der Waals surface area contributed by atoms with Crippen LogP contribution in [-0.2, 0) is 39.0 Å². The zero-order chi connectivity index (χ0) is 32.9. The van der Waals surface area contributed by atoms with Crippen LogP contribution in [0.2, 0.25) is 8.87 Å². The first kappa shape index (κ1) is 42.6. The van der Waals surface area contributed by atoms with Crippen LogP contribution in [0.25, 0.3) is 22.3 Å². The van der Waals surface area contributed by atoms with Crippen LogP contribution in [0.1, 0.15) is 112 Å². The van der Waals surface area contributed by atoms with Crippen LogP contribution >= 0.6 is 0 Å². The van der Waals surface area contributed by atoms with Crippen LogP contribution in [0.4, 0.5) is 0 Å². The Kier molecular flexibility index (Phi) is 23.7. The SMILES string of the molecule is CCC[CH2][SnH][CH2]CCC.Cc1[c-]c2c(cc1)-c1ccccc1C2.Cc1[c-]c2c(cc1)-c1ccccc1C2.[CH2-]CCC.[CH2-]CCC.[Zr+4]. The summed E-state index contributed by atoms with van der Waals surface area (Å²) in [7, 11) is 0. The van der Waals surface area contributed by atoms with Crippen LogP contribution in [0.15, 0.2) is 72.8 Å². The summed E-state index contributed by atoms with van der Waals surface area (Å²) in [5.41, 5.74) is 13.6. The Hall–Kier alpha value is -1.44. The molecule has 243 valence electrons. The molecule has 2 aliphatic rings. The first-order chi connectivity index (χ1) is 21.9. The van der Waals surface area contributed by atoms with Crippen molar-refractivity contribution in [3.05, 3.63) is 132 Å². The molecule has 2 heteroatoms. The molecule has 0 saturated heterocycles. The molecule has 0 bridgehead atoms. The minimum absolute atomic E-state index is 0. The Labute approximate surface area is 314 Å². The Morgan fingerprint density at radius 2 is 0.913 bits per heavy atom. The van der Waals surface area contributed by atoms with E-state index in [0.717, 1.165) is 25.7 Å². The van der Waals surface area contributed by atoms with Gasteiger partial charge in [-0.1, -0.05) is 111 Å². The van der Waals surface area contributed by atoms with Crippen molar-refractivity contribution in [3.8, 4) is 22.3 Å². The topological polar surface area (TPSA) is 0 Å². The molecule has 0 saturated carbocycles. The van der Waals surface area contributed by atoms with Gasteiger partial charge in [-0.3, -0.25) is 0 Å². The average molecular weight is 798 g/mol. The van der Waals surface area contributed by atoms with Crippen molar-refractivity contribution in [1.82, 2.24) is 0 Å². The van der Waals surface area contributed by atoms with Gasteiger partial charge in [-0.15, -0.1) is 22.3 Å². The molecule has 0 N–H and O–H groups in total. The first-order valence-corrected chi connectivity index (χ1v) is 22.2. The zero-order valence-electron chi connectivity index (χ0n) is 29.9. The predicted molar refractivity (Wildman–Crippen MR) is 204 cm³/mol. The van der Waals surface area contributed by atoms with E-state index in [1.165, 1.54) is 94.2 Å². The van der Waals surface area contributed by atoms with Gasteiger partial charge in [0.1, 0.15) is 0 Å². The van der Waals surface area contributed by atoms with Gasteiger partial charge in [0.25, 0.3) is 0 Å². The van der Waals surface area contributed by atoms with Crippen molar-refractivity contribution in [2.24, 2.45) is 0 Å². The van der Waals surface area contributed by atoms with Crippen molar-refractivity contribution in [1.29, 1.82) is 0 Å². The smallest absolute Gasteiger partial charge is 0.343 e. The molecule has 0 unspecified atom stereocenters. The molecule has 2 aliphatic carbocycles. The van der Waals surface area contributed by atoms with Gasteiger partial charge in [0.2, 0.25) is 0 Å². The molecule has 0 spiro atoms. The maximum Gasteiger partial charge on any atom is 4.00 e. The fourth-order valence-corrected chi connectivity index (χ4v) is 9.99. The number of hydrogen-bond donors (Lipinski definition) is 0. The number of rotatable bonds is 8. The predicted octanol–water partition coefficient (Wildman–Crippen LogP) is 12.8. The van der Waals surface area contributed by atoms with E-state index in [1.54, 1.807) is 8.87 Å². The van der Waals surface area contributed by atoms with E-state index >= 15 is 0 Å². The van der Waals surface area contributed by atoms with Gasteiger partial charge in [-0.2, -0.15) is 60.4 Å². The molecule has 0 aliphatic heterocycles. The van der Waals surface area contributed by atoms with Crippen molar-refractivity contribution < 1.29 is 26.2 Å². The molecule has 46 heavy (non-hydrogen) atoms. The fraction of sp³-hybridized carbons (Fsp3) is 0.409. The van der Waals surface area contributed by atoms with Crippen LogP contribution < -0.4 is 0 Å². The Balaban J connectivity index is 0.000000313. The number of unbranched alkanes of at least 4 members (excludes halogenated alkanes) is 4. The van der Waals surface area contributed by atoms with E-state index in [2.05, 4.69) is 140 Å². The minimum atomic E-state index is -0.00469. The van der Waals surface area contributed by atoms with Crippen LogP contribution in [-0.4, -0.2) is 21.1 Å². The standard InChI is InChI=1S/2C14H11.4C4H9.Sn.Zr.H/c2*1-10-6-7-14-12(8-10)9-11-4-2-3-5-13(11)14;4*1-3-4-2;;;/h2*2-7H,9H2,1H3;4*1,3-4H2,2H3;;;/q2*-1;;;2*-1;;+4;. The summed E-state index contributed by atoms with van der Waals surface area (Å²) in [4.78, 5) is 0. The second-order valence-electron chi connectivity index (χ2n) is 12.0. The molecule has 4 aromatic carbocycles. The molecular formula is C44H59SnZr. The van der Waals surface area contributed by atoms with Crippen LogP contribution in [0.5, 0.6) is 0 Å². The van der Waals surface area contributed by atoms with E-state index < -0.39 is 0 Å². The van der Waals surface area contributed by atoms with Gasteiger partial charge in [0.05, 0.1) is 0 Å². The molecular weight excluding hydrogens is 738 g/mol. The normalized spacial score (nSPS) is 10.8. The largest absolute Gasteiger partial charge is 4.00 e. The molecule has 1 radical (unpaired) electrons. The summed E-state index contributed by atoms with van der Waals surface area (Å²) in [5.74, 6) is 0. The van der Waals surface area contributed by atoms with Crippen molar-refractivity contribution in [3.63, 3.8) is 0 Å². The number of benzene rings is 4. The number of hydrogen-bond acceptors (Lipinski definition) is 0. The van der Waals surface area contributed by atoms with Crippen LogP contribution in [0.3, 0.4) is 0 Å². The molecule has 0 amide bonds. The number of aryl methyl sites for hydroxylation is 2. The second-order valence-corrected chi connectivity index (χ2v) is 17.0. The maximum atomic E-state index is 3.60. The van der Waals surface area contributed by atoms with E-state index in [-0.39, 0.29) is 47.3 Å². The monoisotopic (exact) mass is 797 g/mol. The molecule has 4 aromatic rings. The average Bonchev–Trinajstić information content (AvgIpc) is 3.62. The molecule has 6 rings (SSSR count). The number of fused-ring (bicyclic) bond motifs is 6. The van der Waals surface area contributed by atoms with Gasteiger partial charge in [0.15, 0.2) is 0 Å². The third-order valence-corrected chi connectivity index (χ3v) is 12.6. The third kappa shape index (κ3) is 14.8. The first-order valence-electron chi connectivity index (χ1n) is 17.5. The van der Waals surface area contributed by atoms with Crippen molar-refractivity contribution >= 4 is 21.1 Å². The van der Waals surface area contributed by atoms with Crippen LogP contribution in [0, 0.1) is 39.8 Å². The molecule has 0 heterocycles. The Bertz CT molecular complexity index is 1260. The van der Waals surface area contributed by atoms with Crippen molar-refractivity contribution in [2.75, 3.05) is 0 Å². The summed E-state index contributed by atoms with van der Waals surface area (Å²) in [6.45, 7) is 20.2. The third-order valence-electron chi connectivity index (χ3n) is 7.93. The molecule has 0 fully saturated rings. The van der Waals surface area contributed by atoms with Gasteiger partial charge in [-0.25, -0.2) is 0 Å². The summed E-state index contributed by atoms with van der Waals surface area (Å²) in [6.07, 6.45) is 12.5. The van der Waals surface area contributed by atoms with E-state index in [4.69, 9.17) is 0 Å². The maximum absolute atomic E-state index is 3.60.